The largest absolute Gasteiger partial charge is 0.367 e. The van der Waals surface area contributed by atoms with Crippen molar-refractivity contribution in [1.29, 1.82) is 0 Å². The molecule has 1 N–H and O–H groups in total. The number of carbonyl (C=O) groups excluding carboxylic acids is 1. The summed E-state index contributed by atoms with van der Waals surface area (Å²) in [7, 11) is 0. The number of carbonyl (C=O) groups is 1. The van der Waals surface area contributed by atoms with Crippen LogP contribution < -0.4 is 5.32 Å². The van der Waals surface area contributed by atoms with E-state index in [2.05, 4.69) is 27.4 Å². The van der Waals surface area contributed by atoms with E-state index in [0.29, 0.717) is 11.9 Å². The summed E-state index contributed by atoms with van der Waals surface area (Å²) in [6.07, 6.45) is 7.82. The Balaban J connectivity index is 1.31. The minimum atomic E-state index is 0.270. The van der Waals surface area contributed by atoms with E-state index in [1.54, 1.807) is 0 Å². The van der Waals surface area contributed by atoms with Crippen LogP contribution in [0, 0.1) is 12.8 Å². The summed E-state index contributed by atoms with van der Waals surface area (Å²) in [5.41, 5.74) is 2.90. The van der Waals surface area contributed by atoms with Gasteiger partial charge in [-0.3, -0.25) is 4.79 Å². The first-order chi connectivity index (χ1) is 14.2. The second-order valence-corrected chi connectivity index (χ2v) is 8.61. The van der Waals surface area contributed by atoms with Crippen LogP contribution in [-0.2, 0) is 4.79 Å². The molecule has 1 amide bonds. The molecule has 0 radical (unpaired) electrons. The van der Waals surface area contributed by atoms with Gasteiger partial charge in [-0.1, -0.05) is 31.4 Å². The predicted molar refractivity (Wildman–Crippen MR) is 115 cm³/mol. The first kappa shape index (κ1) is 18.4. The third-order valence-electron chi connectivity index (χ3n) is 6.53. The molecular weight excluding hydrogens is 362 g/mol. The number of nitrogens with one attached hydrogen (secondary N) is 1. The highest BCUT2D eigenvalue weighted by molar-refractivity contribution is 5.91. The SMILES string of the molecule is Cc1cc2nc(NC3CCN(C(=O)C4CCCCC4)CC3)c3ccccc3n2n1. The minimum absolute atomic E-state index is 0.270. The van der Waals surface area contributed by atoms with Gasteiger partial charge in [-0.2, -0.15) is 5.10 Å². The molecular formula is C23H29N5O. The first-order valence-electron chi connectivity index (χ1n) is 11.0. The quantitative estimate of drug-likeness (QED) is 0.728. The summed E-state index contributed by atoms with van der Waals surface area (Å²) < 4.78 is 1.92. The Morgan fingerprint density at radius 2 is 1.83 bits per heavy atom. The van der Waals surface area contributed by atoms with Gasteiger partial charge in [-0.15, -0.1) is 0 Å². The van der Waals surface area contributed by atoms with Gasteiger partial charge >= 0.3 is 0 Å². The number of amides is 1. The fraction of sp³-hybridized carbons (Fsp3) is 0.522. The molecule has 152 valence electrons. The van der Waals surface area contributed by atoms with Crippen molar-refractivity contribution in [2.45, 2.75) is 57.9 Å². The van der Waals surface area contributed by atoms with Crippen molar-refractivity contribution in [3.8, 4) is 0 Å². The lowest BCUT2D eigenvalue weighted by atomic mass is 9.87. The number of hydrogen-bond donors (Lipinski definition) is 1. The van der Waals surface area contributed by atoms with E-state index in [9.17, 15) is 4.79 Å². The van der Waals surface area contributed by atoms with E-state index < -0.39 is 0 Å². The van der Waals surface area contributed by atoms with Crippen LogP contribution in [-0.4, -0.2) is 44.5 Å². The molecule has 1 aromatic carbocycles. The molecule has 29 heavy (non-hydrogen) atoms. The molecule has 0 bridgehead atoms. The van der Waals surface area contributed by atoms with Gasteiger partial charge in [-0.25, -0.2) is 9.50 Å². The molecule has 1 aliphatic carbocycles. The van der Waals surface area contributed by atoms with Crippen LogP contribution in [0.15, 0.2) is 30.3 Å². The summed E-state index contributed by atoms with van der Waals surface area (Å²) in [5, 5.41) is 9.35. The van der Waals surface area contributed by atoms with Gasteiger partial charge in [0.2, 0.25) is 5.91 Å². The fourth-order valence-electron chi connectivity index (χ4n) is 4.93. The molecule has 1 aliphatic heterocycles. The molecule has 1 saturated heterocycles. The highest BCUT2D eigenvalue weighted by Crippen LogP contribution is 2.28. The van der Waals surface area contributed by atoms with E-state index in [4.69, 9.17) is 4.98 Å². The van der Waals surface area contributed by atoms with E-state index in [1.165, 1.54) is 19.3 Å². The average Bonchev–Trinajstić information content (AvgIpc) is 3.15. The van der Waals surface area contributed by atoms with E-state index in [1.807, 2.05) is 29.6 Å². The molecule has 0 atom stereocenters. The number of aromatic nitrogens is 3. The van der Waals surface area contributed by atoms with Crippen molar-refractivity contribution in [2.75, 3.05) is 18.4 Å². The van der Waals surface area contributed by atoms with Crippen molar-refractivity contribution in [1.82, 2.24) is 19.5 Å². The number of likely N-dealkylation sites (tertiary alicyclic amines) is 1. The second kappa shape index (κ2) is 7.65. The summed E-state index contributed by atoms with van der Waals surface area (Å²) >= 11 is 0. The molecule has 1 saturated carbocycles. The summed E-state index contributed by atoms with van der Waals surface area (Å²) in [6.45, 7) is 3.69. The number of para-hydroxylation sites is 1. The Labute approximate surface area is 171 Å². The third-order valence-corrected chi connectivity index (χ3v) is 6.53. The Bertz CT molecular complexity index is 1030. The Morgan fingerprint density at radius 3 is 2.62 bits per heavy atom. The molecule has 6 nitrogen and oxygen atoms in total. The van der Waals surface area contributed by atoms with Gasteiger partial charge in [0.15, 0.2) is 5.65 Å². The zero-order chi connectivity index (χ0) is 19.8. The Hall–Kier alpha value is -2.63. The number of aryl methyl sites for hydroxylation is 1. The molecule has 3 aromatic rings. The molecule has 0 spiro atoms. The van der Waals surface area contributed by atoms with Gasteiger partial charge in [0, 0.05) is 36.5 Å². The van der Waals surface area contributed by atoms with Crippen molar-refractivity contribution < 1.29 is 4.79 Å². The fourth-order valence-corrected chi connectivity index (χ4v) is 4.93. The average molecular weight is 392 g/mol. The molecule has 0 unspecified atom stereocenters. The highest BCUT2D eigenvalue weighted by atomic mass is 16.2. The van der Waals surface area contributed by atoms with E-state index >= 15 is 0 Å². The number of rotatable bonds is 3. The number of nitrogens with zero attached hydrogens (tertiary/aromatic N) is 4. The first-order valence-corrected chi connectivity index (χ1v) is 11.0. The number of fused-ring (bicyclic) bond motifs is 3. The Morgan fingerprint density at radius 1 is 1.07 bits per heavy atom. The zero-order valence-electron chi connectivity index (χ0n) is 17.1. The smallest absolute Gasteiger partial charge is 0.225 e. The van der Waals surface area contributed by atoms with Crippen LogP contribution in [0.3, 0.4) is 0 Å². The number of anilines is 1. The van der Waals surface area contributed by atoms with E-state index in [-0.39, 0.29) is 5.92 Å². The third kappa shape index (κ3) is 3.56. The highest BCUT2D eigenvalue weighted by Gasteiger charge is 2.29. The molecule has 2 aliphatic rings. The summed E-state index contributed by atoms with van der Waals surface area (Å²) in [5.74, 6) is 1.58. The van der Waals surface area contributed by atoms with Crippen molar-refractivity contribution in [3.05, 3.63) is 36.0 Å². The van der Waals surface area contributed by atoms with Crippen LogP contribution in [0.4, 0.5) is 5.82 Å². The maximum Gasteiger partial charge on any atom is 0.225 e. The van der Waals surface area contributed by atoms with Crippen molar-refractivity contribution in [2.24, 2.45) is 5.92 Å². The summed E-state index contributed by atoms with van der Waals surface area (Å²) in [6, 6.07) is 10.6. The maximum absolute atomic E-state index is 12.8. The second-order valence-electron chi connectivity index (χ2n) is 8.61. The maximum atomic E-state index is 12.8. The molecule has 3 heterocycles. The van der Waals surface area contributed by atoms with Gasteiger partial charge in [0.05, 0.1) is 11.2 Å². The lowest BCUT2D eigenvalue weighted by Crippen LogP contribution is -2.45. The zero-order valence-corrected chi connectivity index (χ0v) is 17.1. The van der Waals surface area contributed by atoms with Crippen LogP contribution in [0.5, 0.6) is 0 Å². The van der Waals surface area contributed by atoms with Crippen LogP contribution >= 0.6 is 0 Å². The standard InChI is InChI=1S/C23H29N5O/c1-16-15-21-25-22(19-9-5-6-10-20(19)28(21)26-16)24-18-11-13-27(14-12-18)23(29)17-7-3-2-4-8-17/h5-6,9-10,15,17-18H,2-4,7-8,11-14H2,1H3,(H,24,25). The van der Waals surface area contributed by atoms with E-state index in [0.717, 1.165) is 66.8 Å². The molecule has 6 heteroatoms. The predicted octanol–water partition coefficient (Wildman–Crippen LogP) is 4.17. The van der Waals surface area contributed by atoms with Gasteiger partial charge in [-0.05, 0) is 44.7 Å². The molecule has 2 aromatic heterocycles. The Kier molecular flexibility index (Phi) is 4.86. The van der Waals surface area contributed by atoms with Crippen LogP contribution in [0.25, 0.3) is 16.6 Å². The topological polar surface area (TPSA) is 62.5 Å². The van der Waals surface area contributed by atoms with Crippen LogP contribution in [0.2, 0.25) is 0 Å². The number of benzene rings is 1. The normalized spacial score (nSPS) is 19.1. The van der Waals surface area contributed by atoms with Crippen molar-refractivity contribution in [3.63, 3.8) is 0 Å². The summed E-state index contributed by atoms with van der Waals surface area (Å²) in [4.78, 5) is 19.8. The van der Waals surface area contributed by atoms with Gasteiger partial charge in [0.1, 0.15) is 5.82 Å². The minimum Gasteiger partial charge on any atom is -0.367 e. The lowest BCUT2D eigenvalue weighted by molar-refractivity contribution is -0.137. The van der Waals surface area contributed by atoms with Crippen LogP contribution in [0.1, 0.15) is 50.6 Å². The monoisotopic (exact) mass is 391 g/mol. The van der Waals surface area contributed by atoms with Gasteiger partial charge in [0.25, 0.3) is 0 Å². The number of hydrogen-bond acceptors (Lipinski definition) is 4. The number of piperidine rings is 1. The molecule has 2 fully saturated rings. The van der Waals surface area contributed by atoms with Crippen molar-refractivity contribution >= 4 is 28.3 Å². The van der Waals surface area contributed by atoms with Gasteiger partial charge < -0.3 is 10.2 Å². The lowest BCUT2D eigenvalue weighted by Gasteiger charge is -2.35. The molecule has 5 rings (SSSR count).